The van der Waals surface area contributed by atoms with Crippen LogP contribution < -0.4 is 0 Å². The van der Waals surface area contributed by atoms with Crippen molar-refractivity contribution in [3.8, 4) is 0 Å². The first kappa shape index (κ1) is 8.85. The van der Waals surface area contributed by atoms with Crippen LogP contribution in [0.3, 0.4) is 0 Å². The summed E-state index contributed by atoms with van der Waals surface area (Å²) in [6, 6.07) is 6.00. The second kappa shape index (κ2) is 3.56. The molecular formula is C10H9ClOS. The van der Waals surface area contributed by atoms with Gasteiger partial charge in [0, 0.05) is 10.4 Å². The zero-order valence-electron chi connectivity index (χ0n) is 7.16. The molecule has 0 aromatic carbocycles. The molecule has 2 aromatic heterocycles. The Morgan fingerprint density at radius 3 is 2.92 bits per heavy atom. The van der Waals surface area contributed by atoms with Gasteiger partial charge in [-0.2, -0.15) is 0 Å². The van der Waals surface area contributed by atoms with Crippen LogP contribution in [-0.4, -0.2) is 0 Å². The zero-order chi connectivity index (χ0) is 9.26. The monoisotopic (exact) mass is 212 g/mol. The summed E-state index contributed by atoms with van der Waals surface area (Å²) < 4.78 is 5.20. The Morgan fingerprint density at radius 1 is 1.54 bits per heavy atom. The second-order valence-corrected chi connectivity index (χ2v) is 4.28. The van der Waals surface area contributed by atoms with E-state index in [2.05, 4.69) is 0 Å². The third-order valence-corrected chi connectivity index (χ3v) is 3.39. The number of alkyl halides is 1. The topological polar surface area (TPSA) is 13.1 Å². The number of rotatable bonds is 2. The van der Waals surface area contributed by atoms with Gasteiger partial charge in [0.25, 0.3) is 0 Å². The van der Waals surface area contributed by atoms with E-state index in [1.54, 1.807) is 17.6 Å². The average Bonchev–Trinajstić information content (AvgIpc) is 2.72. The minimum Gasteiger partial charge on any atom is -0.469 e. The molecule has 0 spiro atoms. The molecule has 0 aliphatic rings. The Bertz CT molecular complexity index is 377. The number of thiophene rings is 1. The van der Waals surface area contributed by atoms with Gasteiger partial charge in [-0.1, -0.05) is 6.07 Å². The number of furan rings is 1. The highest BCUT2D eigenvalue weighted by Gasteiger charge is 2.13. The Morgan fingerprint density at radius 2 is 2.38 bits per heavy atom. The van der Waals surface area contributed by atoms with Gasteiger partial charge in [-0.05, 0) is 24.4 Å². The molecule has 0 N–H and O–H groups in total. The molecule has 0 saturated carbocycles. The highest BCUT2D eigenvalue weighted by Crippen LogP contribution is 2.32. The lowest BCUT2D eigenvalue weighted by molar-refractivity contribution is 0.532. The quantitative estimate of drug-likeness (QED) is 0.687. The lowest BCUT2D eigenvalue weighted by atomic mass is 10.2. The summed E-state index contributed by atoms with van der Waals surface area (Å²) in [7, 11) is 0. The summed E-state index contributed by atoms with van der Waals surface area (Å²) in [4.78, 5) is 1.16. The van der Waals surface area contributed by atoms with Gasteiger partial charge in [0.15, 0.2) is 0 Å². The van der Waals surface area contributed by atoms with Crippen LogP contribution in [0.2, 0.25) is 0 Å². The SMILES string of the molecule is Cc1cc(C(Cl)c2cccs2)co1. The van der Waals surface area contributed by atoms with Crippen molar-refractivity contribution < 1.29 is 4.42 Å². The van der Waals surface area contributed by atoms with E-state index in [9.17, 15) is 0 Å². The molecule has 68 valence electrons. The van der Waals surface area contributed by atoms with Crippen LogP contribution in [0.5, 0.6) is 0 Å². The molecule has 3 heteroatoms. The van der Waals surface area contributed by atoms with Gasteiger partial charge in [-0.15, -0.1) is 22.9 Å². The Kier molecular flexibility index (Phi) is 2.42. The summed E-state index contributed by atoms with van der Waals surface area (Å²) in [5.41, 5.74) is 1.03. The fourth-order valence-electron chi connectivity index (χ4n) is 1.20. The van der Waals surface area contributed by atoms with E-state index in [0.717, 1.165) is 16.2 Å². The predicted molar refractivity (Wildman–Crippen MR) is 55.5 cm³/mol. The van der Waals surface area contributed by atoms with Crippen LogP contribution in [0, 0.1) is 6.92 Å². The maximum absolute atomic E-state index is 6.24. The Balaban J connectivity index is 2.28. The minimum absolute atomic E-state index is 0.0718. The molecule has 0 amide bonds. The number of halogens is 1. The first-order chi connectivity index (χ1) is 6.27. The summed E-state index contributed by atoms with van der Waals surface area (Å²) in [6.45, 7) is 1.92. The van der Waals surface area contributed by atoms with E-state index in [4.69, 9.17) is 16.0 Å². The molecule has 0 fully saturated rings. The molecule has 2 aromatic rings. The highest BCUT2D eigenvalue weighted by atomic mass is 35.5. The first-order valence-corrected chi connectivity index (χ1v) is 5.31. The van der Waals surface area contributed by atoms with Crippen molar-refractivity contribution in [2.45, 2.75) is 12.3 Å². The smallest absolute Gasteiger partial charge is 0.101 e. The van der Waals surface area contributed by atoms with Crippen molar-refractivity contribution in [1.82, 2.24) is 0 Å². The maximum Gasteiger partial charge on any atom is 0.101 e. The van der Waals surface area contributed by atoms with Crippen LogP contribution in [0.15, 0.2) is 34.3 Å². The van der Waals surface area contributed by atoms with Gasteiger partial charge in [-0.25, -0.2) is 0 Å². The number of hydrogen-bond acceptors (Lipinski definition) is 2. The van der Waals surface area contributed by atoms with E-state index in [1.165, 1.54) is 0 Å². The fraction of sp³-hybridized carbons (Fsp3) is 0.200. The van der Waals surface area contributed by atoms with Gasteiger partial charge >= 0.3 is 0 Å². The molecule has 2 heterocycles. The first-order valence-electron chi connectivity index (χ1n) is 4.00. The highest BCUT2D eigenvalue weighted by molar-refractivity contribution is 7.10. The van der Waals surface area contributed by atoms with Gasteiger partial charge in [0.1, 0.15) is 5.76 Å². The fourth-order valence-corrected chi connectivity index (χ4v) is 2.26. The van der Waals surface area contributed by atoms with Crippen LogP contribution in [-0.2, 0) is 0 Å². The average molecular weight is 213 g/mol. The standard InChI is InChI=1S/C10H9ClOS/c1-7-5-8(6-12-7)10(11)9-3-2-4-13-9/h2-6,10H,1H3. The molecule has 13 heavy (non-hydrogen) atoms. The molecule has 0 saturated heterocycles. The molecule has 0 radical (unpaired) electrons. The number of hydrogen-bond donors (Lipinski definition) is 0. The lowest BCUT2D eigenvalue weighted by Gasteiger charge is -2.01. The molecule has 1 unspecified atom stereocenters. The molecule has 0 aliphatic heterocycles. The van der Waals surface area contributed by atoms with Crippen LogP contribution in [0.25, 0.3) is 0 Å². The van der Waals surface area contributed by atoms with Crippen LogP contribution in [0.1, 0.15) is 21.6 Å². The van der Waals surface area contributed by atoms with E-state index in [-0.39, 0.29) is 5.38 Å². The van der Waals surface area contributed by atoms with E-state index >= 15 is 0 Å². The molecule has 1 atom stereocenters. The molecular weight excluding hydrogens is 204 g/mol. The van der Waals surface area contributed by atoms with Crippen molar-refractivity contribution in [2.75, 3.05) is 0 Å². The molecule has 2 rings (SSSR count). The summed E-state index contributed by atoms with van der Waals surface area (Å²) in [6.07, 6.45) is 1.72. The van der Waals surface area contributed by atoms with Gasteiger partial charge in [-0.3, -0.25) is 0 Å². The third-order valence-electron chi connectivity index (χ3n) is 1.84. The third kappa shape index (κ3) is 1.79. The Labute approximate surface area is 86.0 Å². The van der Waals surface area contributed by atoms with Gasteiger partial charge in [0.2, 0.25) is 0 Å². The molecule has 0 bridgehead atoms. The van der Waals surface area contributed by atoms with E-state index < -0.39 is 0 Å². The zero-order valence-corrected chi connectivity index (χ0v) is 8.73. The van der Waals surface area contributed by atoms with Crippen molar-refractivity contribution in [3.05, 3.63) is 46.0 Å². The summed E-state index contributed by atoms with van der Waals surface area (Å²) in [5.74, 6) is 0.900. The van der Waals surface area contributed by atoms with Crippen LogP contribution >= 0.6 is 22.9 Å². The van der Waals surface area contributed by atoms with E-state index in [1.807, 2.05) is 30.5 Å². The largest absolute Gasteiger partial charge is 0.469 e. The van der Waals surface area contributed by atoms with Crippen molar-refractivity contribution >= 4 is 22.9 Å². The maximum atomic E-state index is 6.24. The second-order valence-electron chi connectivity index (χ2n) is 2.87. The van der Waals surface area contributed by atoms with E-state index in [0.29, 0.717) is 0 Å². The van der Waals surface area contributed by atoms with Gasteiger partial charge < -0.3 is 4.42 Å². The number of aryl methyl sites for hydroxylation is 1. The summed E-state index contributed by atoms with van der Waals surface area (Å²) >= 11 is 7.90. The molecule has 1 nitrogen and oxygen atoms in total. The van der Waals surface area contributed by atoms with Crippen LogP contribution in [0.4, 0.5) is 0 Å². The minimum atomic E-state index is -0.0718. The van der Waals surface area contributed by atoms with Crippen molar-refractivity contribution in [1.29, 1.82) is 0 Å². The predicted octanol–water partition coefficient (Wildman–Crippen LogP) is 3.98. The van der Waals surface area contributed by atoms with Gasteiger partial charge in [0.05, 0.1) is 11.6 Å². The van der Waals surface area contributed by atoms with Crippen molar-refractivity contribution in [3.63, 3.8) is 0 Å². The molecule has 0 aliphatic carbocycles. The van der Waals surface area contributed by atoms with Crippen molar-refractivity contribution in [2.24, 2.45) is 0 Å². The lowest BCUT2D eigenvalue weighted by Crippen LogP contribution is -1.85. The Hall–Kier alpha value is -0.730. The summed E-state index contributed by atoms with van der Waals surface area (Å²) in [5, 5.41) is 1.95. The normalized spacial score (nSPS) is 13.1.